The molecule has 6 nitrogen and oxygen atoms in total. The van der Waals surface area contributed by atoms with Crippen molar-refractivity contribution in [2.24, 2.45) is 7.05 Å². The maximum atomic E-state index is 11.8. The zero-order chi connectivity index (χ0) is 12.4. The van der Waals surface area contributed by atoms with Crippen molar-refractivity contribution in [1.29, 1.82) is 0 Å². The Morgan fingerprint density at radius 1 is 1.47 bits per heavy atom. The lowest BCUT2D eigenvalue weighted by atomic mass is 10.1. The Hall–Kier alpha value is -1.95. The number of rotatable bonds is 2. The molecule has 0 saturated carbocycles. The second-order valence-corrected chi connectivity index (χ2v) is 3.93. The summed E-state index contributed by atoms with van der Waals surface area (Å²) < 4.78 is 0. The normalized spacial score (nSPS) is 10.3. The molecule has 0 aliphatic rings. The second kappa shape index (κ2) is 4.50. The van der Waals surface area contributed by atoms with Crippen LogP contribution in [0.25, 0.3) is 0 Å². The van der Waals surface area contributed by atoms with Crippen molar-refractivity contribution in [2.45, 2.75) is 6.92 Å². The number of anilines is 1. The molecule has 0 saturated heterocycles. The summed E-state index contributed by atoms with van der Waals surface area (Å²) in [6.45, 7) is 1.87. The molecular formula is C10H10ClN5O. The Labute approximate surface area is 103 Å². The number of nitrogens with one attached hydrogen (secondary N) is 1. The van der Waals surface area contributed by atoms with Crippen LogP contribution in [0.1, 0.15) is 15.9 Å². The summed E-state index contributed by atoms with van der Waals surface area (Å²) in [5.41, 5.74) is 1.37. The monoisotopic (exact) mass is 251 g/mol. The quantitative estimate of drug-likeness (QED) is 0.876. The molecule has 7 heteroatoms. The minimum absolute atomic E-state index is 0.161. The van der Waals surface area contributed by atoms with Crippen LogP contribution in [-0.2, 0) is 7.05 Å². The lowest BCUT2D eigenvalue weighted by Crippen LogP contribution is -2.13. The number of aryl methyl sites for hydroxylation is 2. The van der Waals surface area contributed by atoms with Gasteiger partial charge in [0.15, 0.2) is 0 Å². The third kappa shape index (κ3) is 2.59. The zero-order valence-electron chi connectivity index (χ0n) is 9.31. The van der Waals surface area contributed by atoms with Crippen molar-refractivity contribution in [3.05, 3.63) is 34.3 Å². The lowest BCUT2D eigenvalue weighted by molar-refractivity contribution is 0.102. The molecule has 1 N–H and O–H groups in total. The molecule has 1 aromatic heterocycles. The molecule has 0 atom stereocenters. The van der Waals surface area contributed by atoms with Crippen molar-refractivity contribution in [2.75, 3.05) is 5.32 Å². The Bertz CT molecular complexity index is 566. The van der Waals surface area contributed by atoms with Crippen molar-refractivity contribution < 1.29 is 4.79 Å². The maximum Gasteiger partial charge on any atom is 0.270 e. The van der Waals surface area contributed by atoms with Crippen LogP contribution in [0.2, 0.25) is 5.02 Å². The van der Waals surface area contributed by atoms with E-state index in [1.165, 1.54) is 4.80 Å². The Balaban J connectivity index is 2.17. The van der Waals surface area contributed by atoms with Crippen LogP contribution in [0, 0.1) is 6.92 Å². The van der Waals surface area contributed by atoms with E-state index >= 15 is 0 Å². The first-order valence-corrected chi connectivity index (χ1v) is 5.25. The van der Waals surface area contributed by atoms with Crippen LogP contribution in [0.4, 0.5) is 5.95 Å². The van der Waals surface area contributed by atoms with Gasteiger partial charge in [0.2, 0.25) is 0 Å². The molecule has 0 fully saturated rings. The van der Waals surface area contributed by atoms with Gasteiger partial charge in [-0.25, -0.2) is 0 Å². The summed E-state index contributed by atoms with van der Waals surface area (Å²) >= 11 is 5.94. The number of benzene rings is 1. The first-order valence-electron chi connectivity index (χ1n) is 4.88. The van der Waals surface area contributed by atoms with Crippen LogP contribution < -0.4 is 5.32 Å². The Kier molecular flexibility index (Phi) is 3.06. The van der Waals surface area contributed by atoms with Gasteiger partial charge in [0.1, 0.15) is 0 Å². The zero-order valence-corrected chi connectivity index (χ0v) is 10.1. The maximum absolute atomic E-state index is 11.8. The lowest BCUT2D eigenvalue weighted by Gasteiger charge is -2.02. The van der Waals surface area contributed by atoms with E-state index in [4.69, 9.17) is 11.6 Å². The Morgan fingerprint density at radius 3 is 2.82 bits per heavy atom. The number of amides is 1. The molecule has 88 valence electrons. The fourth-order valence-electron chi connectivity index (χ4n) is 1.24. The number of halogens is 1. The van der Waals surface area contributed by atoms with Gasteiger partial charge in [0, 0.05) is 10.6 Å². The highest BCUT2D eigenvalue weighted by Crippen LogP contribution is 2.17. The van der Waals surface area contributed by atoms with Gasteiger partial charge in [-0.2, -0.15) is 4.80 Å². The summed E-state index contributed by atoms with van der Waals surface area (Å²) in [4.78, 5) is 13.1. The number of nitrogens with zero attached hydrogens (tertiary/aromatic N) is 4. The molecule has 0 radical (unpaired) electrons. The molecule has 2 rings (SSSR count). The van der Waals surface area contributed by atoms with Gasteiger partial charge in [0.25, 0.3) is 11.9 Å². The van der Waals surface area contributed by atoms with Gasteiger partial charge in [-0.3, -0.25) is 10.1 Å². The number of carbonyl (C=O) groups excluding carboxylic acids is 1. The largest absolute Gasteiger partial charge is 0.288 e. The van der Waals surface area contributed by atoms with Crippen LogP contribution in [-0.4, -0.2) is 26.1 Å². The fraction of sp³-hybridized carbons (Fsp3) is 0.200. The molecule has 0 aliphatic carbocycles. The van der Waals surface area contributed by atoms with Gasteiger partial charge >= 0.3 is 0 Å². The van der Waals surface area contributed by atoms with E-state index in [9.17, 15) is 4.79 Å². The van der Waals surface area contributed by atoms with Crippen molar-refractivity contribution >= 4 is 23.5 Å². The standard InChI is InChI=1S/C10H10ClN5O/c1-6-3-4-7(5-8(6)11)9(17)12-10-13-15-16(2)14-10/h3-5H,1-2H3,(H,12,14,17). The minimum atomic E-state index is -0.320. The van der Waals surface area contributed by atoms with Crippen molar-refractivity contribution in [3.63, 3.8) is 0 Å². The summed E-state index contributed by atoms with van der Waals surface area (Å²) in [5, 5.41) is 14.2. The van der Waals surface area contributed by atoms with Gasteiger partial charge in [-0.15, -0.1) is 5.10 Å². The van der Waals surface area contributed by atoms with E-state index in [0.29, 0.717) is 10.6 Å². The number of hydrogen-bond donors (Lipinski definition) is 1. The molecule has 0 aliphatic heterocycles. The number of aromatic nitrogens is 4. The molecule has 0 spiro atoms. The predicted octanol–water partition coefficient (Wildman–Crippen LogP) is 1.42. The third-order valence-electron chi connectivity index (χ3n) is 2.17. The SMILES string of the molecule is Cc1ccc(C(=O)Nc2nnn(C)n2)cc1Cl. The molecule has 1 amide bonds. The van der Waals surface area contributed by atoms with E-state index in [-0.39, 0.29) is 11.9 Å². The third-order valence-corrected chi connectivity index (χ3v) is 2.57. The van der Waals surface area contributed by atoms with Crippen LogP contribution >= 0.6 is 11.6 Å². The topological polar surface area (TPSA) is 72.7 Å². The second-order valence-electron chi connectivity index (χ2n) is 3.52. The highest BCUT2D eigenvalue weighted by Gasteiger charge is 2.10. The van der Waals surface area contributed by atoms with Crippen molar-refractivity contribution in [3.8, 4) is 0 Å². The minimum Gasteiger partial charge on any atom is -0.288 e. The van der Waals surface area contributed by atoms with Gasteiger partial charge in [-0.1, -0.05) is 22.8 Å². The van der Waals surface area contributed by atoms with E-state index in [2.05, 4.69) is 20.7 Å². The summed E-state index contributed by atoms with van der Waals surface area (Å²) in [6, 6.07) is 5.07. The van der Waals surface area contributed by atoms with Crippen LogP contribution in [0.3, 0.4) is 0 Å². The molecule has 2 aromatic rings. The Morgan fingerprint density at radius 2 is 2.24 bits per heavy atom. The smallest absolute Gasteiger partial charge is 0.270 e. The molecule has 1 heterocycles. The number of tetrazole rings is 1. The van der Waals surface area contributed by atoms with Crippen LogP contribution in [0.15, 0.2) is 18.2 Å². The first-order chi connectivity index (χ1) is 8.06. The van der Waals surface area contributed by atoms with Gasteiger partial charge in [-0.05, 0) is 29.8 Å². The summed E-state index contributed by atoms with van der Waals surface area (Å²) in [7, 11) is 1.62. The van der Waals surface area contributed by atoms with E-state index in [1.807, 2.05) is 6.92 Å². The summed E-state index contributed by atoms with van der Waals surface area (Å²) in [6.07, 6.45) is 0. The van der Waals surface area contributed by atoms with Gasteiger partial charge in [0.05, 0.1) is 7.05 Å². The average Bonchev–Trinajstić information content (AvgIpc) is 2.68. The predicted molar refractivity (Wildman–Crippen MR) is 62.9 cm³/mol. The molecule has 0 bridgehead atoms. The molecule has 17 heavy (non-hydrogen) atoms. The highest BCUT2D eigenvalue weighted by molar-refractivity contribution is 6.31. The highest BCUT2D eigenvalue weighted by atomic mass is 35.5. The first kappa shape index (κ1) is 11.5. The van der Waals surface area contributed by atoms with Crippen molar-refractivity contribution in [1.82, 2.24) is 20.2 Å². The molecular weight excluding hydrogens is 242 g/mol. The number of hydrogen-bond acceptors (Lipinski definition) is 4. The van der Waals surface area contributed by atoms with E-state index < -0.39 is 0 Å². The van der Waals surface area contributed by atoms with E-state index in [0.717, 1.165) is 5.56 Å². The van der Waals surface area contributed by atoms with Gasteiger partial charge < -0.3 is 0 Å². The molecule has 0 unspecified atom stereocenters. The number of carbonyl (C=O) groups is 1. The van der Waals surface area contributed by atoms with Crippen LogP contribution in [0.5, 0.6) is 0 Å². The summed E-state index contributed by atoms with van der Waals surface area (Å²) in [5.74, 6) is -0.158. The molecule has 1 aromatic carbocycles. The van der Waals surface area contributed by atoms with E-state index in [1.54, 1.807) is 25.2 Å². The average molecular weight is 252 g/mol. The fourth-order valence-corrected chi connectivity index (χ4v) is 1.42.